The van der Waals surface area contributed by atoms with Crippen molar-refractivity contribution in [3.8, 4) is 0 Å². The second-order valence-corrected chi connectivity index (χ2v) is 9.94. The Balaban J connectivity index is 0.00000107. The van der Waals surface area contributed by atoms with Crippen molar-refractivity contribution in [3.63, 3.8) is 0 Å². The Morgan fingerprint density at radius 3 is 2.16 bits per heavy atom. The Hall–Kier alpha value is -4.17. The normalized spacial score (nSPS) is 22.3. The summed E-state index contributed by atoms with van der Waals surface area (Å²) in [6, 6.07) is 25.9. The molecular weight excluding hydrogens is 482 g/mol. The summed E-state index contributed by atoms with van der Waals surface area (Å²) < 4.78 is 6.88. The first-order valence-corrected chi connectivity index (χ1v) is 12.8. The molecule has 3 aromatic rings. The van der Waals surface area contributed by atoms with Crippen LogP contribution in [0.5, 0.6) is 0 Å². The minimum Gasteiger partial charge on any atom is -0.554 e. The SMILES string of the molecule is Nc1ccc(C(=O)C[N+]23CCC(CC2)[C@@H](OC(=O)[C@H](Nc2ccccc2)c2ccccc2)C3)cc1.O=C[O-]. The highest BCUT2D eigenvalue weighted by atomic mass is 16.5. The van der Waals surface area contributed by atoms with Crippen LogP contribution in [0.3, 0.4) is 0 Å². The molecule has 198 valence electrons. The van der Waals surface area contributed by atoms with Crippen molar-refractivity contribution in [2.24, 2.45) is 5.92 Å². The maximum absolute atomic E-state index is 13.5. The number of para-hydroxylation sites is 1. The van der Waals surface area contributed by atoms with Crippen molar-refractivity contribution < 1.29 is 28.7 Å². The standard InChI is InChI=1S/C29H31N3O3.CH2O2/c30-24-13-11-21(12-14-24)26(33)19-32-17-15-22(16-18-32)27(20-32)35-29(34)28(23-7-3-1-4-8-23)31-25-9-5-2-6-10-25;2-1-3/h1-14,22,27-28,31H,15-20H2,(H-,30,33);1H,(H,2,3)/t22?,27-,28+,32?;/m0./s1. The Morgan fingerprint density at radius 1 is 0.974 bits per heavy atom. The molecule has 3 fully saturated rings. The molecule has 6 rings (SSSR count). The predicted molar refractivity (Wildman–Crippen MR) is 143 cm³/mol. The number of quaternary nitrogens is 1. The summed E-state index contributed by atoms with van der Waals surface area (Å²) in [6.45, 7) is 2.51. The summed E-state index contributed by atoms with van der Waals surface area (Å²) in [5, 5.41) is 11.6. The molecule has 2 bridgehead atoms. The topological polar surface area (TPSA) is 122 Å². The molecule has 0 amide bonds. The van der Waals surface area contributed by atoms with Crippen LogP contribution in [0.2, 0.25) is 0 Å². The van der Waals surface area contributed by atoms with Crippen molar-refractivity contribution in [2.45, 2.75) is 25.0 Å². The summed E-state index contributed by atoms with van der Waals surface area (Å²) in [4.78, 5) is 34.8. The summed E-state index contributed by atoms with van der Waals surface area (Å²) in [5.74, 6) is 0.184. The maximum atomic E-state index is 13.5. The lowest BCUT2D eigenvalue weighted by Gasteiger charge is -2.51. The van der Waals surface area contributed by atoms with E-state index in [0.717, 1.165) is 37.2 Å². The smallest absolute Gasteiger partial charge is 0.333 e. The molecule has 0 radical (unpaired) electrons. The minimum absolute atomic E-state index is 0.114. The van der Waals surface area contributed by atoms with Crippen LogP contribution < -0.4 is 16.2 Å². The summed E-state index contributed by atoms with van der Waals surface area (Å²) in [5.41, 5.74) is 8.85. The monoisotopic (exact) mass is 515 g/mol. The molecule has 0 aliphatic carbocycles. The molecule has 3 N–H and O–H groups in total. The number of carboxylic acid groups (broad SMARTS) is 1. The average Bonchev–Trinajstić information content (AvgIpc) is 2.94. The van der Waals surface area contributed by atoms with E-state index in [1.54, 1.807) is 24.3 Å². The van der Waals surface area contributed by atoms with Crippen molar-refractivity contribution in [3.05, 3.63) is 96.1 Å². The number of fused-ring (bicyclic) bond motifs is 3. The van der Waals surface area contributed by atoms with E-state index >= 15 is 0 Å². The number of rotatable bonds is 8. The van der Waals surface area contributed by atoms with E-state index in [9.17, 15) is 9.59 Å². The van der Waals surface area contributed by atoms with Gasteiger partial charge in [-0.15, -0.1) is 0 Å². The van der Waals surface area contributed by atoms with Crippen molar-refractivity contribution in [1.29, 1.82) is 0 Å². The van der Waals surface area contributed by atoms with E-state index in [2.05, 4.69) is 5.32 Å². The molecule has 3 saturated heterocycles. The third-order valence-corrected chi connectivity index (χ3v) is 7.47. The van der Waals surface area contributed by atoms with Crippen LogP contribution >= 0.6 is 0 Å². The average molecular weight is 516 g/mol. The fourth-order valence-corrected chi connectivity index (χ4v) is 5.48. The van der Waals surface area contributed by atoms with Gasteiger partial charge in [-0.25, -0.2) is 4.79 Å². The first-order chi connectivity index (χ1) is 18.4. The van der Waals surface area contributed by atoms with Crippen LogP contribution in [0.25, 0.3) is 0 Å². The fraction of sp³-hybridized carbons (Fsp3) is 0.300. The molecule has 0 saturated carbocycles. The number of Topliss-reactive ketones (excluding diaryl/α,β-unsaturated/α-hetero) is 1. The highest BCUT2D eigenvalue weighted by Gasteiger charge is 2.49. The summed E-state index contributed by atoms with van der Waals surface area (Å²) >= 11 is 0. The largest absolute Gasteiger partial charge is 0.554 e. The van der Waals surface area contributed by atoms with Gasteiger partial charge in [-0.2, -0.15) is 0 Å². The van der Waals surface area contributed by atoms with Gasteiger partial charge < -0.3 is 30.2 Å². The third kappa shape index (κ3) is 6.58. The number of piperidine rings is 3. The van der Waals surface area contributed by atoms with Gasteiger partial charge in [-0.1, -0.05) is 48.5 Å². The lowest BCUT2D eigenvalue weighted by Crippen LogP contribution is -2.65. The molecule has 0 spiro atoms. The Kier molecular flexibility index (Phi) is 8.76. The number of hydrogen-bond acceptors (Lipinski definition) is 7. The highest BCUT2D eigenvalue weighted by molar-refractivity contribution is 5.97. The fourth-order valence-electron chi connectivity index (χ4n) is 5.48. The van der Waals surface area contributed by atoms with Gasteiger partial charge in [0.2, 0.25) is 5.78 Å². The van der Waals surface area contributed by atoms with Crippen molar-refractivity contribution in [2.75, 3.05) is 37.2 Å². The number of carbonyl (C=O) groups is 3. The molecule has 3 aliphatic rings. The first-order valence-electron chi connectivity index (χ1n) is 12.8. The molecule has 2 atom stereocenters. The molecule has 0 unspecified atom stereocenters. The zero-order valence-corrected chi connectivity index (χ0v) is 21.2. The van der Waals surface area contributed by atoms with E-state index in [1.165, 1.54) is 0 Å². The second-order valence-electron chi connectivity index (χ2n) is 9.94. The quantitative estimate of drug-likeness (QED) is 0.156. The van der Waals surface area contributed by atoms with Crippen LogP contribution in [0, 0.1) is 5.92 Å². The Morgan fingerprint density at radius 2 is 1.55 bits per heavy atom. The zero-order valence-electron chi connectivity index (χ0n) is 21.2. The molecule has 8 heteroatoms. The highest BCUT2D eigenvalue weighted by Crippen LogP contribution is 2.36. The van der Waals surface area contributed by atoms with Gasteiger partial charge in [-0.05, 0) is 42.0 Å². The van der Waals surface area contributed by atoms with Crippen LogP contribution in [0.4, 0.5) is 11.4 Å². The van der Waals surface area contributed by atoms with Crippen LogP contribution in [0.1, 0.15) is 34.8 Å². The molecule has 38 heavy (non-hydrogen) atoms. The molecule has 3 heterocycles. The number of carbonyl (C=O) groups excluding carboxylic acids is 3. The zero-order chi connectivity index (χ0) is 27.0. The Bertz CT molecular complexity index is 1210. The third-order valence-electron chi connectivity index (χ3n) is 7.47. The van der Waals surface area contributed by atoms with E-state index in [1.807, 2.05) is 60.7 Å². The number of anilines is 2. The number of hydrogen-bond donors (Lipinski definition) is 2. The van der Waals surface area contributed by atoms with Crippen molar-refractivity contribution >= 4 is 29.6 Å². The predicted octanol–water partition coefficient (Wildman–Crippen LogP) is 2.82. The molecule has 3 aromatic carbocycles. The van der Waals surface area contributed by atoms with Gasteiger partial charge in [-0.3, -0.25) is 4.79 Å². The Labute approximate surface area is 222 Å². The summed E-state index contributed by atoms with van der Waals surface area (Å²) in [6.07, 6.45) is 1.75. The van der Waals surface area contributed by atoms with Gasteiger partial charge >= 0.3 is 5.97 Å². The van der Waals surface area contributed by atoms with Gasteiger partial charge in [0.25, 0.3) is 0 Å². The van der Waals surface area contributed by atoms with Gasteiger partial charge in [0.1, 0.15) is 13.1 Å². The molecular formula is C30H33N3O5. The number of esters is 1. The number of nitrogens with two attached hydrogens (primary N) is 1. The lowest BCUT2D eigenvalue weighted by molar-refractivity contribution is -0.938. The first kappa shape index (κ1) is 26.9. The molecule has 3 aliphatic heterocycles. The molecule has 0 aromatic heterocycles. The van der Waals surface area contributed by atoms with Crippen LogP contribution in [0.15, 0.2) is 84.9 Å². The number of ketones is 1. The van der Waals surface area contributed by atoms with E-state index in [4.69, 9.17) is 20.4 Å². The number of nitrogens with zero attached hydrogens (tertiary/aromatic N) is 1. The van der Waals surface area contributed by atoms with Gasteiger partial charge in [0.05, 0.1) is 13.1 Å². The molecule has 8 nitrogen and oxygen atoms in total. The van der Waals surface area contributed by atoms with E-state index in [0.29, 0.717) is 34.7 Å². The lowest BCUT2D eigenvalue weighted by atomic mass is 9.82. The minimum atomic E-state index is -0.598. The van der Waals surface area contributed by atoms with Gasteiger partial charge in [0.15, 0.2) is 12.1 Å². The number of nitrogens with one attached hydrogen (secondary N) is 1. The second kappa shape index (κ2) is 12.4. The van der Waals surface area contributed by atoms with Crippen LogP contribution in [-0.2, 0) is 14.3 Å². The van der Waals surface area contributed by atoms with Gasteiger partial charge in [0, 0.05) is 42.2 Å². The van der Waals surface area contributed by atoms with E-state index < -0.39 is 12.5 Å². The number of nitrogen functional groups attached to an aromatic ring is 1. The number of ether oxygens (including phenoxy) is 1. The van der Waals surface area contributed by atoms with E-state index in [-0.39, 0.29) is 17.9 Å². The maximum Gasteiger partial charge on any atom is 0.333 e. The van der Waals surface area contributed by atoms with Crippen molar-refractivity contribution in [1.82, 2.24) is 0 Å². The summed E-state index contributed by atoms with van der Waals surface area (Å²) in [7, 11) is 0. The van der Waals surface area contributed by atoms with Crippen LogP contribution in [-0.4, -0.2) is 55.0 Å². The number of benzene rings is 3.